The minimum absolute atomic E-state index is 0.107. The first kappa shape index (κ1) is 13.6. The van der Waals surface area contributed by atoms with Crippen molar-refractivity contribution in [1.82, 2.24) is 15.5 Å². The standard InChI is InChI=1S/C11H19N3O3/c1-3-8(4-2)13-9(15)7-14-10(16)5-12-6-11(14)17/h8,12H,3-7H2,1-2H3,(H,13,15). The van der Waals surface area contributed by atoms with Crippen LogP contribution in [0.5, 0.6) is 0 Å². The highest BCUT2D eigenvalue weighted by Crippen LogP contribution is 1.99. The summed E-state index contributed by atoms with van der Waals surface area (Å²) in [5, 5.41) is 5.48. The van der Waals surface area contributed by atoms with Gasteiger partial charge in [0.05, 0.1) is 13.1 Å². The number of carbonyl (C=O) groups is 3. The lowest BCUT2D eigenvalue weighted by Gasteiger charge is -2.25. The number of carbonyl (C=O) groups excluding carboxylic acids is 3. The van der Waals surface area contributed by atoms with Gasteiger partial charge in [0, 0.05) is 6.04 Å². The first-order valence-corrected chi connectivity index (χ1v) is 5.91. The van der Waals surface area contributed by atoms with E-state index in [9.17, 15) is 14.4 Å². The van der Waals surface area contributed by atoms with Crippen molar-refractivity contribution >= 4 is 17.7 Å². The summed E-state index contributed by atoms with van der Waals surface area (Å²) in [7, 11) is 0. The summed E-state index contributed by atoms with van der Waals surface area (Å²) in [6, 6.07) is 0.107. The Morgan fingerprint density at radius 3 is 2.29 bits per heavy atom. The molecule has 0 aromatic heterocycles. The lowest BCUT2D eigenvalue weighted by molar-refractivity contribution is -0.149. The third kappa shape index (κ3) is 3.81. The third-order valence-electron chi connectivity index (χ3n) is 2.81. The van der Waals surface area contributed by atoms with Gasteiger partial charge in [0.25, 0.3) is 0 Å². The van der Waals surface area contributed by atoms with Gasteiger partial charge in [-0.2, -0.15) is 0 Å². The number of rotatable bonds is 5. The molecule has 0 saturated carbocycles. The zero-order valence-electron chi connectivity index (χ0n) is 10.3. The topological polar surface area (TPSA) is 78.5 Å². The molecule has 6 heteroatoms. The number of hydrogen-bond acceptors (Lipinski definition) is 4. The normalized spacial score (nSPS) is 16.5. The molecule has 0 unspecified atom stereocenters. The number of hydrogen-bond donors (Lipinski definition) is 2. The predicted molar refractivity (Wildman–Crippen MR) is 62.1 cm³/mol. The lowest BCUT2D eigenvalue weighted by Crippen LogP contribution is -2.55. The molecule has 1 aliphatic rings. The molecular weight excluding hydrogens is 222 g/mol. The molecule has 1 fully saturated rings. The number of imide groups is 1. The Kier molecular flexibility index (Phi) is 5.09. The molecule has 0 aromatic carbocycles. The molecule has 0 spiro atoms. The molecule has 17 heavy (non-hydrogen) atoms. The Morgan fingerprint density at radius 1 is 1.29 bits per heavy atom. The van der Waals surface area contributed by atoms with Gasteiger partial charge in [0.2, 0.25) is 17.7 Å². The summed E-state index contributed by atoms with van der Waals surface area (Å²) < 4.78 is 0. The van der Waals surface area contributed by atoms with Crippen molar-refractivity contribution in [2.45, 2.75) is 32.7 Å². The highest BCUT2D eigenvalue weighted by atomic mass is 16.2. The highest BCUT2D eigenvalue weighted by molar-refractivity contribution is 6.02. The van der Waals surface area contributed by atoms with Crippen LogP contribution < -0.4 is 10.6 Å². The zero-order valence-corrected chi connectivity index (χ0v) is 10.3. The van der Waals surface area contributed by atoms with Crippen molar-refractivity contribution in [3.8, 4) is 0 Å². The van der Waals surface area contributed by atoms with E-state index in [1.165, 1.54) is 0 Å². The van der Waals surface area contributed by atoms with Gasteiger partial charge in [-0.05, 0) is 12.8 Å². The van der Waals surface area contributed by atoms with E-state index in [0.29, 0.717) is 0 Å². The molecule has 0 radical (unpaired) electrons. The quantitative estimate of drug-likeness (QED) is 0.621. The molecule has 3 amide bonds. The second-order valence-corrected chi connectivity index (χ2v) is 4.06. The van der Waals surface area contributed by atoms with E-state index in [2.05, 4.69) is 10.6 Å². The van der Waals surface area contributed by atoms with E-state index in [-0.39, 0.29) is 43.4 Å². The van der Waals surface area contributed by atoms with Crippen LogP contribution in [-0.2, 0) is 14.4 Å². The van der Waals surface area contributed by atoms with Gasteiger partial charge in [-0.15, -0.1) is 0 Å². The minimum Gasteiger partial charge on any atom is -0.352 e. The van der Waals surface area contributed by atoms with Crippen LogP contribution >= 0.6 is 0 Å². The second kappa shape index (κ2) is 6.34. The fraction of sp³-hybridized carbons (Fsp3) is 0.727. The minimum atomic E-state index is -0.346. The van der Waals surface area contributed by atoms with E-state index in [4.69, 9.17) is 0 Å². The van der Waals surface area contributed by atoms with Crippen molar-refractivity contribution in [3.63, 3.8) is 0 Å². The molecule has 0 aliphatic carbocycles. The lowest BCUT2D eigenvalue weighted by atomic mass is 10.2. The summed E-state index contributed by atoms with van der Waals surface area (Å²) >= 11 is 0. The highest BCUT2D eigenvalue weighted by Gasteiger charge is 2.27. The van der Waals surface area contributed by atoms with Crippen molar-refractivity contribution < 1.29 is 14.4 Å². The van der Waals surface area contributed by atoms with Crippen LogP contribution in [0.15, 0.2) is 0 Å². The molecule has 1 heterocycles. The van der Waals surface area contributed by atoms with Crippen molar-refractivity contribution in [1.29, 1.82) is 0 Å². The largest absolute Gasteiger partial charge is 0.352 e. The molecule has 1 saturated heterocycles. The smallest absolute Gasteiger partial charge is 0.243 e. The van der Waals surface area contributed by atoms with Crippen LogP contribution in [0.4, 0.5) is 0 Å². The number of nitrogens with one attached hydrogen (secondary N) is 2. The SMILES string of the molecule is CCC(CC)NC(=O)CN1C(=O)CNCC1=O. The Balaban J connectivity index is 2.49. The molecule has 0 aromatic rings. The maximum atomic E-state index is 11.7. The maximum absolute atomic E-state index is 11.7. The van der Waals surface area contributed by atoms with Crippen molar-refractivity contribution in [2.24, 2.45) is 0 Å². The van der Waals surface area contributed by atoms with Gasteiger partial charge < -0.3 is 5.32 Å². The van der Waals surface area contributed by atoms with Gasteiger partial charge in [0.15, 0.2) is 0 Å². The zero-order chi connectivity index (χ0) is 12.8. The molecule has 96 valence electrons. The molecule has 0 bridgehead atoms. The Hall–Kier alpha value is -1.43. The van der Waals surface area contributed by atoms with Crippen LogP contribution in [0.1, 0.15) is 26.7 Å². The fourth-order valence-corrected chi connectivity index (χ4v) is 1.69. The third-order valence-corrected chi connectivity index (χ3v) is 2.81. The van der Waals surface area contributed by atoms with E-state index in [1.54, 1.807) is 0 Å². The Bertz CT molecular complexity index is 297. The molecule has 2 N–H and O–H groups in total. The van der Waals surface area contributed by atoms with Crippen LogP contribution in [-0.4, -0.2) is 48.3 Å². The van der Waals surface area contributed by atoms with E-state index < -0.39 is 0 Å². The second-order valence-electron chi connectivity index (χ2n) is 4.06. The first-order valence-electron chi connectivity index (χ1n) is 5.91. The summed E-state index contributed by atoms with van der Waals surface area (Å²) in [6.45, 7) is 4.02. The van der Waals surface area contributed by atoms with Gasteiger partial charge in [0.1, 0.15) is 6.54 Å². The summed E-state index contributed by atoms with van der Waals surface area (Å²) in [4.78, 5) is 35.5. The molecular formula is C11H19N3O3. The van der Waals surface area contributed by atoms with Gasteiger partial charge in [-0.3, -0.25) is 24.6 Å². The van der Waals surface area contributed by atoms with Crippen LogP contribution in [0, 0.1) is 0 Å². The van der Waals surface area contributed by atoms with Gasteiger partial charge in [-0.25, -0.2) is 0 Å². The van der Waals surface area contributed by atoms with Gasteiger partial charge in [-0.1, -0.05) is 13.8 Å². The average molecular weight is 241 g/mol. The molecule has 6 nitrogen and oxygen atoms in total. The van der Waals surface area contributed by atoms with Crippen molar-refractivity contribution in [3.05, 3.63) is 0 Å². The summed E-state index contributed by atoms with van der Waals surface area (Å²) in [5.41, 5.74) is 0. The van der Waals surface area contributed by atoms with Crippen LogP contribution in [0.2, 0.25) is 0 Å². The molecule has 1 rings (SSSR count). The average Bonchev–Trinajstić information content (AvgIpc) is 2.31. The number of amides is 3. The first-order chi connectivity index (χ1) is 8.08. The van der Waals surface area contributed by atoms with Crippen LogP contribution in [0.3, 0.4) is 0 Å². The molecule has 0 atom stereocenters. The number of nitrogens with zero attached hydrogens (tertiary/aromatic N) is 1. The predicted octanol–water partition coefficient (Wildman–Crippen LogP) is -0.750. The molecule has 1 aliphatic heterocycles. The van der Waals surface area contributed by atoms with Gasteiger partial charge >= 0.3 is 0 Å². The van der Waals surface area contributed by atoms with E-state index in [1.807, 2.05) is 13.8 Å². The maximum Gasteiger partial charge on any atom is 0.243 e. The summed E-state index contributed by atoms with van der Waals surface area (Å²) in [6.07, 6.45) is 1.68. The Morgan fingerprint density at radius 2 is 1.82 bits per heavy atom. The van der Waals surface area contributed by atoms with Crippen LogP contribution in [0.25, 0.3) is 0 Å². The summed E-state index contributed by atoms with van der Waals surface area (Å²) in [5.74, 6) is -0.968. The van der Waals surface area contributed by atoms with Crippen molar-refractivity contribution in [2.75, 3.05) is 19.6 Å². The monoisotopic (exact) mass is 241 g/mol. The van der Waals surface area contributed by atoms with E-state index in [0.717, 1.165) is 17.7 Å². The fourth-order valence-electron chi connectivity index (χ4n) is 1.69. The Labute approximate surface area is 101 Å². The van der Waals surface area contributed by atoms with E-state index >= 15 is 0 Å². The number of piperazine rings is 1.